The van der Waals surface area contributed by atoms with Crippen LogP contribution < -0.4 is 4.90 Å². The highest BCUT2D eigenvalue weighted by Crippen LogP contribution is 2.37. The molecule has 6 rings (SSSR count). The number of morpholine rings is 1. The standard InChI is InChI=1S/C28H25N5O5S2/c34-16-19(35)7-4-18-5-8-21(9-6-18)40(36,37)17-20-14-25-26(39-20)28(33-10-12-38-13-11-33)31-27(30-25)22-2-1-3-24-23(22)15-29-32-24/h1-9,14-15,34H,10-13,16-17H2,(H,29,32)/b7-4+. The zero-order chi connectivity index (χ0) is 27.7. The van der Waals surface area contributed by atoms with Gasteiger partial charge in [-0.25, -0.2) is 18.4 Å². The van der Waals surface area contributed by atoms with Crippen molar-refractivity contribution in [2.45, 2.75) is 10.6 Å². The molecule has 0 bridgehead atoms. The van der Waals surface area contributed by atoms with Crippen LogP contribution in [0.4, 0.5) is 5.82 Å². The third kappa shape index (κ3) is 5.26. The summed E-state index contributed by atoms with van der Waals surface area (Å²) in [5.41, 5.74) is 3.08. The molecule has 0 atom stereocenters. The topological polar surface area (TPSA) is 138 Å². The molecule has 40 heavy (non-hydrogen) atoms. The number of hydrogen-bond acceptors (Lipinski definition) is 10. The number of ether oxygens (including phenoxy) is 1. The minimum atomic E-state index is -3.65. The van der Waals surface area contributed by atoms with Crippen molar-refractivity contribution < 1.29 is 23.1 Å². The predicted molar refractivity (Wildman–Crippen MR) is 154 cm³/mol. The van der Waals surface area contributed by atoms with Crippen molar-refractivity contribution in [1.29, 1.82) is 0 Å². The highest BCUT2D eigenvalue weighted by Gasteiger charge is 2.23. The zero-order valence-electron chi connectivity index (χ0n) is 21.3. The Hall–Kier alpha value is -3.97. The van der Waals surface area contributed by atoms with Gasteiger partial charge in [-0.05, 0) is 35.9 Å². The maximum atomic E-state index is 13.3. The van der Waals surface area contributed by atoms with Crippen molar-refractivity contribution in [2.75, 3.05) is 37.8 Å². The van der Waals surface area contributed by atoms with Crippen LogP contribution in [0, 0.1) is 0 Å². The number of aliphatic hydroxyl groups excluding tert-OH is 1. The Kier molecular flexibility index (Phi) is 7.15. The van der Waals surface area contributed by atoms with Gasteiger partial charge in [-0.3, -0.25) is 9.89 Å². The summed E-state index contributed by atoms with van der Waals surface area (Å²) in [7, 11) is -3.65. The number of H-pyrrole nitrogens is 1. The summed E-state index contributed by atoms with van der Waals surface area (Å²) in [6.45, 7) is 1.96. The highest BCUT2D eigenvalue weighted by atomic mass is 32.2. The van der Waals surface area contributed by atoms with Crippen LogP contribution in [-0.2, 0) is 25.1 Å². The van der Waals surface area contributed by atoms with Crippen molar-refractivity contribution in [2.24, 2.45) is 0 Å². The number of thiophene rings is 1. The summed E-state index contributed by atoms with van der Waals surface area (Å²) >= 11 is 1.39. The van der Waals surface area contributed by atoms with Gasteiger partial charge in [0.2, 0.25) is 0 Å². The molecule has 3 aromatic heterocycles. The van der Waals surface area contributed by atoms with Crippen molar-refractivity contribution in [3.63, 3.8) is 0 Å². The third-order valence-corrected chi connectivity index (χ3v) is 9.61. The van der Waals surface area contributed by atoms with Gasteiger partial charge >= 0.3 is 0 Å². The van der Waals surface area contributed by atoms with Crippen LogP contribution in [0.15, 0.2) is 65.7 Å². The number of aliphatic hydroxyl groups is 1. The van der Waals surface area contributed by atoms with Crippen LogP contribution in [0.3, 0.4) is 0 Å². The highest BCUT2D eigenvalue weighted by molar-refractivity contribution is 7.90. The van der Waals surface area contributed by atoms with E-state index in [1.165, 1.54) is 35.6 Å². The fourth-order valence-corrected chi connectivity index (χ4v) is 7.39. The summed E-state index contributed by atoms with van der Waals surface area (Å²) in [6.07, 6.45) is 4.55. The van der Waals surface area contributed by atoms with Gasteiger partial charge in [0, 0.05) is 28.9 Å². The lowest BCUT2D eigenvalue weighted by molar-refractivity contribution is -0.117. The molecule has 0 unspecified atom stereocenters. The van der Waals surface area contributed by atoms with Crippen LogP contribution in [-0.4, -0.2) is 72.4 Å². The first-order valence-corrected chi connectivity index (χ1v) is 15.1. The molecule has 12 heteroatoms. The largest absolute Gasteiger partial charge is 0.388 e. The van der Waals surface area contributed by atoms with Crippen molar-refractivity contribution in [3.8, 4) is 11.4 Å². The Labute approximate surface area is 233 Å². The van der Waals surface area contributed by atoms with E-state index in [1.807, 2.05) is 24.3 Å². The van der Waals surface area contributed by atoms with E-state index in [2.05, 4.69) is 15.1 Å². The maximum Gasteiger partial charge on any atom is 0.183 e. The van der Waals surface area contributed by atoms with Gasteiger partial charge < -0.3 is 14.7 Å². The third-order valence-electron chi connectivity index (χ3n) is 6.63. The van der Waals surface area contributed by atoms with E-state index in [1.54, 1.807) is 18.3 Å². The molecular formula is C28H25N5O5S2. The lowest BCUT2D eigenvalue weighted by Crippen LogP contribution is -2.36. The number of carbonyl (C=O) groups excluding carboxylic acids is 1. The Morgan fingerprint density at radius 1 is 1.12 bits per heavy atom. The van der Waals surface area contributed by atoms with Gasteiger partial charge in [0.1, 0.15) is 6.61 Å². The number of rotatable bonds is 8. The molecule has 0 amide bonds. The second-order valence-electron chi connectivity index (χ2n) is 9.32. The van der Waals surface area contributed by atoms with E-state index in [4.69, 9.17) is 19.8 Å². The number of nitrogens with zero attached hydrogens (tertiary/aromatic N) is 4. The molecule has 1 saturated heterocycles. The summed E-state index contributed by atoms with van der Waals surface area (Å²) in [5, 5.41) is 16.9. The normalized spacial score (nSPS) is 14.5. The monoisotopic (exact) mass is 575 g/mol. The maximum absolute atomic E-state index is 13.3. The van der Waals surface area contributed by atoms with Gasteiger partial charge in [-0.1, -0.05) is 30.3 Å². The molecule has 204 valence electrons. The van der Waals surface area contributed by atoms with E-state index < -0.39 is 22.2 Å². The number of sulfone groups is 1. The fourth-order valence-electron chi connectivity index (χ4n) is 4.61. The number of ketones is 1. The number of anilines is 1. The molecule has 0 saturated carbocycles. The molecule has 0 spiro atoms. The lowest BCUT2D eigenvalue weighted by Gasteiger charge is -2.28. The number of fused-ring (bicyclic) bond motifs is 2. The minimum absolute atomic E-state index is 0.179. The number of benzene rings is 2. The number of carbonyl (C=O) groups is 1. The van der Waals surface area contributed by atoms with Gasteiger partial charge in [0.25, 0.3) is 0 Å². The molecule has 0 aliphatic carbocycles. The molecule has 4 heterocycles. The lowest BCUT2D eigenvalue weighted by atomic mass is 10.1. The number of aromatic nitrogens is 4. The molecule has 2 N–H and O–H groups in total. The molecule has 10 nitrogen and oxygen atoms in total. The van der Waals surface area contributed by atoms with E-state index in [-0.39, 0.29) is 10.6 Å². The first kappa shape index (κ1) is 26.3. The Morgan fingerprint density at radius 2 is 1.93 bits per heavy atom. The van der Waals surface area contributed by atoms with Crippen molar-refractivity contribution in [3.05, 3.63) is 71.2 Å². The Bertz CT molecular complexity index is 1840. The molecular weight excluding hydrogens is 550 g/mol. The van der Waals surface area contributed by atoms with Gasteiger partial charge in [-0.2, -0.15) is 5.10 Å². The second kappa shape index (κ2) is 10.9. The molecule has 2 aromatic carbocycles. The van der Waals surface area contributed by atoms with E-state index in [9.17, 15) is 13.2 Å². The number of hydrogen-bond donors (Lipinski definition) is 2. The minimum Gasteiger partial charge on any atom is -0.388 e. The first-order valence-electron chi connectivity index (χ1n) is 12.6. The quantitative estimate of drug-likeness (QED) is 0.266. The smallest absolute Gasteiger partial charge is 0.183 e. The van der Waals surface area contributed by atoms with E-state index >= 15 is 0 Å². The molecule has 5 aromatic rings. The first-order chi connectivity index (χ1) is 19.4. The van der Waals surface area contributed by atoms with Gasteiger partial charge in [-0.15, -0.1) is 11.3 Å². The summed E-state index contributed by atoms with van der Waals surface area (Å²) in [6, 6.07) is 14.0. The summed E-state index contributed by atoms with van der Waals surface area (Å²) < 4.78 is 33.0. The van der Waals surface area contributed by atoms with Crippen LogP contribution in [0.5, 0.6) is 0 Å². The number of nitrogens with one attached hydrogen (secondary N) is 1. The fraction of sp³-hybridized carbons (Fsp3) is 0.214. The Morgan fingerprint density at radius 3 is 2.70 bits per heavy atom. The SMILES string of the molecule is O=C(/C=C/c1ccc(S(=O)(=O)Cc2cc3nc(-c4cccc5[nH]ncc45)nc(N4CCOCC4)c3s2)cc1)CO. The van der Waals surface area contributed by atoms with E-state index in [0.29, 0.717) is 48.1 Å². The summed E-state index contributed by atoms with van der Waals surface area (Å²) in [4.78, 5) is 24.1. The predicted octanol–water partition coefficient (Wildman–Crippen LogP) is 3.62. The zero-order valence-corrected chi connectivity index (χ0v) is 22.9. The van der Waals surface area contributed by atoms with Crippen LogP contribution in [0.1, 0.15) is 10.4 Å². The summed E-state index contributed by atoms with van der Waals surface area (Å²) in [5.74, 6) is 0.717. The van der Waals surface area contributed by atoms with Crippen molar-refractivity contribution in [1.82, 2.24) is 20.2 Å². The molecule has 1 aliphatic heterocycles. The molecule has 1 aliphatic rings. The molecule has 0 radical (unpaired) electrons. The van der Waals surface area contributed by atoms with Crippen LogP contribution in [0.25, 0.3) is 38.6 Å². The molecule has 1 fully saturated rings. The van der Waals surface area contributed by atoms with Gasteiger partial charge in [0.15, 0.2) is 27.3 Å². The Balaban J connectivity index is 1.36. The van der Waals surface area contributed by atoms with Gasteiger partial charge in [0.05, 0.1) is 45.8 Å². The average Bonchev–Trinajstić information content (AvgIpc) is 3.62. The van der Waals surface area contributed by atoms with Crippen LogP contribution in [0.2, 0.25) is 0 Å². The average molecular weight is 576 g/mol. The van der Waals surface area contributed by atoms with E-state index in [0.717, 1.165) is 27.0 Å². The second-order valence-corrected chi connectivity index (χ2v) is 12.4. The number of aromatic amines is 1. The van der Waals surface area contributed by atoms with Crippen LogP contribution >= 0.6 is 11.3 Å². The van der Waals surface area contributed by atoms with Crippen molar-refractivity contribution >= 4 is 60.0 Å².